The fourth-order valence-corrected chi connectivity index (χ4v) is 4.78. The van der Waals surface area contributed by atoms with Gasteiger partial charge in [-0.1, -0.05) is 37.3 Å². The molecule has 1 aromatic carbocycles. The Labute approximate surface area is 173 Å². The molecule has 2 rings (SSSR count). The van der Waals surface area contributed by atoms with Gasteiger partial charge in [-0.15, -0.1) is 11.3 Å². The van der Waals surface area contributed by atoms with Gasteiger partial charge < -0.3 is 20.8 Å². The normalized spacial score (nSPS) is 12.9. The number of benzene rings is 1. The van der Waals surface area contributed by atoms with Crippen LogP contribution in [0.25, 0.3) is 0 Å². The number of carbonyl (C=O) groups is 3. The van der Waals surface area contributed by atoms with E-state index in [9.17, 15) is 19.5 Å². The maximum absolute atomic E-state index is 12.0. The highest BCUT2D eigenvalue weighted by Crippen LogP contribution is 2.40. The van der Waals surface area contributed by atoms with Crippen LogP contribution in [0.3, 0.4) is 0 Å². The number of anilines is 1. The van der Waals surface area contributed by atoms with Gasteiger partial charge in [0, 0.05) is 16.8 Å². The number of aliphatic carboxylic acids is 1. The van der Waals surface area contributed by atoms with Crippen LogP contribution >= 0.6 is 11.3 Å². The molecular weight excluding hydrogens is 392 g/mol. The lowest BCUT2D eigenvalue weighted by atomic mass is 9.84. The first-order valence-electron chi connectivity index (χ1n) is 9.42. The molecule has 0 spiro atoms. The van der Waals surface area contributed by atoms with E-state index in [4.69, 9.17) is 5.11 Å². The summed E-state index contributed by atoms with van der Waals surface area (Å²) in [5, 5.41) is 24.3. The Morgan fingerprint density at radius 2 is 1.79 bits per heavy atom. The van der Waals surface area contributed by atoms with E-state index in [1.807, 2.05) is 32.2 Å². The molecule has 0 bridgehead atoms. The summed E-state index contributed by atoms with van der Waals surface area (Å²) in [7, 11) is 1.85. The fraction of sp³-hybridized carbons (Fsp3) is 0.381. The number of carbonyl (C=O) groups excluding carboxylic acids is 1. The first-order valence-corrected chi connectivity index (χ1v) is 10.2. The van der Waals surface area contributed by atoms with Gasteiger partial charge in [-0.05, 0) is 44.4 Å². The van der Waals surface area contributed by atoms with Crippen molar-refractivity contribution in [3.63, 3.8) is 0 Å². The van der Waals surface area contributed by atoms with Crippen molar-refractivity contribution in [3.05, 3.63) is 51.9 Å². The standard InChI is InChI=1S/C21H26N2O5S/c1-4-14(15(22-3)11-10-13-8-6-5-7-9-13)16-12(2)29-19(17(16)20(25)26)23-18(24)21(27)28/h5-9,14-15,22H,4,10-11H2,1-3H3,(H,23,24)(H,25,26)(H,27,28). The molecule has 8 heteroatoms. The van der Waals surface area contributed by atoms with Crippen molar-refractivity contribution in [2.24, 2.45) is 0 Å². The fourth-order valence-electron chi connectivity index (χ4n) is 3.66. The molecule has 1 heterocycles. The summed E-state index contributed by atoms with van der Waals surface area (Å²) in [6, 6.07) is 10.1. The lowest BCUT2D eigenvalue weighted by molar-refractivity contribution is -0.147. The maximum atomic E-state index is 12.0. The number of amides is 1. The Morgan fingerprint density at radius 3 is 2.31 bits per heavy atom. The highest BCUT2D eigenvalue weighted by Gasteiger charge is 2.31. The number of aryl methyl sites for hydroxylation is 2. The molecule has 7 nitrogen and oxygen atoms in total. The van der Waals surface area contributed by atoms with Crippen molar-refractivity contribution in [1.82, 2.24) is 5.32 Å². The van der Waals surface area contributed by atoms with E-state index in [0.29, 0.717) is 12.0 Å². The van der Waals surface area contributed by atoms with Crippen LogP contribution in [0.5, 0.6) is 0 Å². The lowest BCUT2D eigenvalue weighted by Gasteiger charge is -2.27. The minimum absolute atomic E-state index is 0.0195. The van der Waals surface area contributed by atoms with Gasteiger partial charge in [-0.25, -0.2) is 9.59 Å². The molecule has 2 atom stereocenters. The SMILES string of the molecule is CCC(c1c(C)sc(NC(=O)C(=O)O)c1C(=O)O)C(CCc1ccccc1)NC. The molecule has 156 valence electrons. The number of carboxylic acid groups (broad SMARTS) is 2. The molecule has 4 N–H and O–H groups in total. The van der Waals surface area contributed by atoms with Crippen LogP contribution in [0.2, 0.25) is 0 Å². The van der Waals surface area contributed by atoms with Crippen molar-refractivity contribution >= 4 is 34.2 Å². The largest absolute Gasteiger partial charge is 0.478 e. The van der Waals surface area contributed by atoms with Crippen LogP contribution in [0.1, 0.15) is 52.0 Å². The minimum Gasteiger partial charge on any atom is -0.478 e. The first kappa shape index (κ1) is 22.6. The van der Waals surface area contributed by atoms with E-state index in [2.05, 4.69) is 22.8 Å². The van der Waals surface area contributed by atoms with Crippen molar-refractivity contribution in [1.29, 1.82) is 0 Å². The van der Waals surface area contributed by atoms with Crippen molar-refractivity contribution < 1.29 is 24.6 Å². The zero-order valence-corrected chi connectivity index (χ0v) is 17.5. The van der Waals surface area contributed by atoms with Gasteiger partial charge in [0.1, 0.15) is 5.00 Å². The number of carboxylic acids is 2. The Hall–Kier alpha value is -2.71. The minimum atomic E-state index is -1.66. The van der Waals surface area contributed by atoms with Gasteiger partial charge in [0.15, 0.2) is 0 Å². The van der Waals surface area contributed by atoms with Crippen LogP contribution in [-0.2, 0) is 16.0 Å². The van der Waals surface area contributed by atoms with E-state index in [-0.39, 0.29) is 22.5 Å². The molecule has 0 aliphatic heterocycles. The van der Waals surface area contributed by atoms with Gasteiger partial charge in [0.05, 0.1) is 5.56 Å². The molecule has 0 aliphatic rings. The third-order valence-corrected chi connectivity index (χ3v) is 6.06. The van der Waals surface area contributed by atoms with Crippen molar-refractivity contribution in [3.8, 4) is 0 Å². The molecule has 29 heavy (non-hydrogen) atoms. The predicted molar refractivity (Wildman–Crippen MR) is 113 cm³/mol. The Bertz CT molecular complexity index is 879. The number of likely N-dealkylation sites (N-methyl/N-ethyl adjacent to an activating group) is 1. The van der Waals surface area contributed by atoms with E-state index in [1.54, 1.807) is 6.92 Å². The summed E-state index contributed by atoms with van der Waals surface area (Å²) < 4.78 is 0. The molecule has 1 amide bonds. The maximum Gasteiger partial charge on any atom is 0.394 e. The number of hydrogen-bond donors (Lipinski definition) is 4. The second-order valence-electron chi connectivity index (χ2n) is 6.77. The van der Waals surface area contributed by atoms with Crippen LogP contribution in [0, 0.1) is 6.92 Å². The van der Waals surface area contributed by atoms with E-state index < -0.39 is 17.8 Å². The highest BCUT2D eigenvalue weighted by atomic mass is 32.1. The molecule has 0 aliphatic carbocycles. The van der Waals surface area contributed by atoms with E-state index >= 15 is 0 Å². The summed E-state index contributed by atoms with van der Waals surface area (Å²) in [4.78, 5) is 35.2. The molecular formula is C21H26N2O5S. The second kappa shape index (κ2) is 10.2. The molecule has 2 aromatic rings. The Kier molecular flexibility index (Phi) is 7.92. The summed E-state index contributed by atoms with van der Waals surface area (Å²) >= 11 is 1.10. The van der Waals surface area contributed by atoms with Gasteiger partial charge in [-0.2, -0.15) is 0 Å². The first-order chi connectivity index (χ1) is 13.8. The van der Waals surface area contributed by atoms with Gasteiger partial charge in [0.2, 0.25) is 0 Å². The third-order valence-electron chi connectivity index (χ3n) is 5.02. The third kappa shape index (κ3) is 5.42. The summed E-state index contributed by atoms with van der Waals surface area (Å²) in [5.74, 6) is -4.18. The van der Waals surface area contributed by atoms with Crippen LogP contribution in [0.15, 0.2) is 30.3 Å². The molecule has 0 fully saturated rings. The van der Waals surface area contributed by atoms with Crippen LogP contribution in [-0.4, -0.2) is 41.1 Å². The molecule has 0 radical (unpaired) electrons. The quantitative estimate of drug-likeness (QED) is 0.463. The van der Waals surface area contributed by atoms with E-state index in [0.717, 1.165) is 29.1 Å². The zero-order chi connectivity index (χ0) is 21.6. The summed E-state index contributed by atoms with van der Waals surface area (Å²) in [5.41, 5.74) is 1.84. The smallest absolute Gasteiger partial charge is 0.394 e. The molecule has 1 aromatic heterocycles. The van der Waals surface area contributed by atoms with Crippen molar-refractivity contribution in [2.45, 2.75) is 45.1 Å². The molecule has 2 unspecified atom stereocenters. The predicted octanol–water partition coefficient (Wildman–Crippen LogP) is 3.49. The molecule has 0 saturated heterocycles. The van der Waals surface area contributed by atoms with Gasteiger partial charge in [0.25, 0.3) is 0 Å². The Balaban J connectivity index is 2.37. The van der Waals surface area contributed by atoms with Crippen molar-refractivity contribution in [2.75, 3.05) is 12.4 Å². The number of aromatic carboxylic acids is 1. The molecule has 0 saturated carbocycles. The van der Waals surface area contributed by atoms with Crippen LogP contribution in [0.4, 0.5) is 5.00 Å². The van der Waals surface area contributed by atoms with Crippen LogP contribution < -0.4 is 10.6 Å². The second-order valence-corrected chi connectivity index (χ2v) is 8.00. The lowest BCUT2D eigenvalue weighted by Crippen LogP contribution is -2.33. The Morgan fingerprint density at radius 1 is 1.14 bits per heavy atom. The van der Waals surface area contributed by atoms with Gasteiger partial charge in [-0.3, -0.25) is 4.79 Å². The average molecular weight is 419 g/mol. The highest BCUT2D eigenvalue weighted by molar-refractivity contribution is 7.17. The monoisotopic (exact) mass is 418 g/mol. The number of hydrogen-bond acceptors (Lipinski definition) is 5. The topological polar surface area (TPSA) is 116 Å². The summed E-state index contributed by atoms with van der Waals surface area (Å²) in [6.45, 7) is 3.80. The average Bonchev–Trinajstić information content (AvgIpc) is 3.01. The number of thiophene rings is 1. The number of rotatable bonds is 9. The zero-order valence-electron chi connectivity index (χ0n) is 16.7. The number of nitrogens with one attached hydrogen (secondary N) is 2. The summed E-state index contributed by atoms with van der Waals surface area (Å²) in [6.07, 6.45) is 2.35. The van der Waals surface area contributed by atoms with Gasteiger partial charge >= 0.3 is 17.8 Å². The van der Waals surface area contributed by atoms with E-state index in [1.165, 1.54) is 5.56 Å².